The molecule has 0 radical (unpaired) electrons. The summed E-state index contributed by atoms with van der Waals surface area (Å²) in [4.78, 5) is 22.6. The number of aliphatic carboxylic acids is 1. The molecule has 1 N–H and O–H groups in total. The van der Waals surface area contributed by atoms with Crippen LogP contribution in [0.4, 0.5) is 0 Å². The summed E-state index contributed by atoms with van der Waals surface area (Å²) in [6.07, 6.45) is 1.21. The Morgan fingerprint density at radius 1 is 1.57 bits per heavy atom. The van der Waals surface area contributed by atoms with Crippen LogP contribution in [0.1, 0.15) is 26.7 Å². The van der Waals surface area contributed by atoms with E-state index in [0.29, 0.717) is 12.8 Å². The lowest BCUT2D eigenvalue weighted by Crippen LogP contribution is -2.40. The Bertz CT molecular complexity index is 311. The number of fused-ring (bicyclic) bond motifs is 1. The van der Waals surface area contributed by atoms with Crippen molar-refractivity contribution in [3.8, 4) is 0 Å². The number of hydrogen-bond acceptors (Lipinski definition) is 3. The van der Waals surface area contributed by atoms with Crippen LogP contribution in [-0.4, -0.2) is 23.7 Å². The van der Waals surface area contributed by atoms with Gasteiger partial charge in [-0.1, -0.05) is 6.92 Å². The predicted octanol–water partition coefficient (Wildman–Crippen LogP) is 1.05. The van der Waals surface area contributed by atoms with Crippen molar-refractivity contribution >= 4 is 11.9 Å². The molecule has 0 aromatic heterocycles. The average Bonchev–Trinajstić information content (AvgIpc) is 2.47. The number of esters is 1. The van der Waals surface area contributed by atoms with Crippen molar-refractivity contribution in [1.82, 2.24) is 0 Å². The summed E-state index contributed by atoms with van der Waals surface area (Å²) < 4.78 is 5.00. The van der Waals surface area contributed by atoms with Crippen LogP contribution in [0.5, 0.6) is 0 Å². The van der Waals surface area contributed by atoms with Crippen molar-refractivity contribution < 1.29 is 19.4 Å². The number of carbonyl (C=O) groups excluding carboxylic acids is 1. The molecule has 0 aromatic carbocycles. The molecule has 14 heavy (non-hydrogen) atoms. The largest absolute Gasteiger partial charge is 0.481 e. The minimum Gasteiger partial charge on any atom is -0.481 e. The van der Waals surface area contributed by atoms with Crippen LogP contribution in [0.2, 0.25) is 0 Å². The van der Waals surface area contributed by atoms with E-state index in [0.717, 1.165) is 0 Å². The minimum absolute atomic E-state index is 0.233. The zero-order valence-corrected chi connectivity index (χ0v) is 8.37. The van der Waals surface area contributed by atoms with Crippen LogP contribution in [0.15, 0.2) is 0 Å². The van der Waals surface area contributed by atoms with Crippen molar-refractivity contribution in [2.75, 3.05) is 6.61 Å². The molecule has 1 saturated heterocycles. The molecule has 3 atom stereocenters. The Morgan fingerprint density at radius 2 is 2.21 bits per heavy atom. The van der Waals surface area contributed by atoms with E-state index in [-0.39, 0.29) is 12.6 Å². The van der Waals surface area contributed by atoms with Crippen LogP contribution < -0.4 is 0 Å². The quantitative estimate of drug-likeness (QED) is 0.639. The van der Waals surface area contributed by atoms with E-state index >= 15 is 0 Å². The van der Waals surface area contributed by atoms with Gasteiger partial charge in [0.15, 0.2) is 0 Å². The number of carboxylic acids is 1. The van der Waals surface area contributed by atoms with Gasteiger partial charge in [-0.25, -0.2) is 0 Å². The summed E-state index contributed by atoms with van der Waals surface area (Å²) in [6, 6.07) is 0. The molecule has 78 valence electrons. The Balaban J connectivity index is 2.42. The molecular formula is C10H14O4. The van der Waals surface area contributed by atoms with Crippen LogP contribution in [0.3, 0.4) is 0 Å². The van der Waals surface area contributed by atoms with Crippen molar-refractivity contribution in [2.24, 2.45) is 16.7 Å². The summed E-state index contributed by atoms with van der Waals surface area (Å²) in [7, 11) is 0. The van der Waals surface area contributed by atoms with E-state index in [1.165, 1.54) is 0 Å². The van der Waals surface area contributed by atoms with E-state index in [2.05, 4.69) is 0 Å². The van der Waals surface area contributed by atoms with Crippen LogP contribution >= 0.6 is 0 Å². The van der Waals surface area contributed by atoms with Gasteiger partial charge in [0.2, 0.25) is 0 Å². The lowest BCUT2D eigenvalue weighted by Gasteiger charge is -2.31. The van der Waals surface area contributed by atoms with Gasteiger partial charge in [-0.2, -0.15) is 0 Å². The molecule has 2 fully saturated rings. The number of cyclic esters (lactones) is 1. The zero-order valence-electron chi connectivity index (χ0n) is 8.37. The van der Waals surface area contributed by atoms with E-state index in [9.17, 15) is 9.59 Å². The third kappa shape index (κ3) is 0.837. The van der Waals surface area contributed by atoms with Gasteiger partial charge in [-0.15, -0.1) is 0 Å². The maximum Gasteiger partial charge on any atom is 0.312 e. The van der Waals surface area contributed by atoms with Crippen LogP contribution in [0, 0.1) is 16.7 Å². The van der Waals surface area contributed by atoms with Crippen molar-refractivity contribution in [3.05, 3.63) is 0 Å². The van der Waals surface area contributed by atoms with Crippen molar-refractivity contribution in [2.45, 2.75) is 26.7 Å². The Labute approximate surface area is 82.2 Å². The topological polar surface area (TPSA) is 63.6 Å². The molecule has 0 bridgehead atoms. The van der Waals surface area contributed by atoms with E-state index in [1.807, 2.05) is 13.8 Å². The second kappa shape index (κ2) is 2.49. The fourth-order valence-electron chi connectivity index (χ4n) is 2.79. The molecule has 1 heterocycles. The molecule has 4 heteroatoms. The molecule has 4 nitrogen and oxygen atoms in total. The Kier molecular flexibility index (Phi) is 1.69. The van der Waals surface area contributed by atoms with Gasteiger partial charge in [-0.3, -0.25) is 9.59 Å². The third-order valence-corrected chi connectivity index (χ3v) is 4.21. The molecule has 1 aliphatic carbocycles. The molecule has 0 spiro atoms. The molecule has 0 amide bonds. The van der Waals surface area contributed by atoms with Gasteiger partial charge >= 0.3 is 11.9 Å². The van der Waals surface area contributed by atoms with Gasteiger partial charge in [0, 0.05) is 5.41 Å². The summed E-state index contributed by atoms with van der Waals surface area (Å²) in [6.45, 7) is 3.92. The first kappa shape index (κ1) is 9.49. The van der Waals surface area contributed by atoms with Gasteiger partial charge in [0.1, 0.15) is 0 Å². The molecular weight excluding hydrogens is 184 g/mol. The molecule has 1 saturated carbocycles. The summed E-state index contributed by atoms with van der Waals surface area (Å²) in [5.41, 5.74) is -1.11. The third-order valence-electron chi connectivity index (χ3n) is 4.21. The van der Waals surface area contributed by atoms with E-state index < -0.39 is 22.7 Å². The molecule has 0 aromatic rings. The molecule has 0 unspecified atom stereocenters. The standard InChI is InChI=1S/C10H14O4/c1-9-4-3-6(7(11)12)10(9,2)5-14-8(9)13/h6H,3-5H2,1-2H3,(H,11,12)/t6-,9+,10-/m0/s1. The minimum atomic E-state index is -0.811. The average molecular weight is 198 g/mol. The lowest BCUT2D eigenvalue weighted by molar-refractivity contribution is -0.146. The fourth-order valence-corrected chi connectivity index (χ4v) is 2.79. The second-order valence-electron chi connectivity index (χ2n) is 4.76. The number of carboxylic acid groups (broad SMARTS) is 1. The fraction of sp³-hybridized carbons (Fsp3) is 0.800. The zero-order chi connectivity index (χ0) is 10.6. The van der Waals surface area contributed by atoms with Gasteiger partial charge in [0.05, 0.1) is 17.9 Å². The molecule has 1 aliphatic heterocycles. The van der Waals surface area contributed by atoms with Crippen LogP contribution in [-0.2, 0) is 14.3 Å². The first-order chi connectivity index (χ1) is 6.42. The molecule has 2 aliphatic rings. The number of rotatable bonds is 1. The predicted molar refractivity (Wildman–Crippen MR) is 47.5 cm³/mol. The lowest BCUT2D eigenvalue weighted by atomic mass is 9.66. The second-order valence-corrected chi connectivity index (χ2v) is 4.76. The van der Waals surface area contributed by atoms with Crippen LogP contribution in [0.25, 0.3) is 0 Å². The summed E-state index contributed by atoms with van der Waals surface area (Å²) in [5.74, 6) is -1.49. The highest BCUT2D eigenvalue weighted by atomic mass is 16.5. The first-order valence-electron chi connectivity index (χ1n) is 4.82. The van der Waals surface area contributed by atoms with Crippen molar-refractivity contribution in [1.29, 1.82) is 0 Å². The smallest absolute Gasteiger partial charge is 0.312 e. The van der Waals surface area contributed by atoms with E-state index in [4.69, 9.17) is 9.84 Å². The molecule has 2 rings (SSSR count). The Morgan fingerprint density at radius 3 is 2.79 bits per heavy atom. The maximum absolute atomic E-state index is 11.5. The van der Waals surface area contributed by atoms with E-state index in [1.54, 1.807) is 0 Å². The highest BCUT2D eigenvalue weighted by Gasteiger charge is 2.65. The highest BCUT2D eigenvalue weighted by Crippen LogP contribution is 2.60. The Hall–Kier alpha value is -1.06. The number of carbonyl (C=O) groups is 2. The van der Waals surface area contributed by atoms with Gasteiger partial charge < -0.3 is 9.84 Å². The maximum atomic E-state index is 11.5. The van der Waals surface area contributed by atoms with Crippen molar-refractivity contribution in [3.63, 3.8) is 0 Å². The first-order valence-corrected chi connectivity index (χ1v) is 4.82. The monoisotopic (exact) mass is 198 g/mol. The summed E-state index contributed by atoms with van der Waals surface area (Å²) in [5, 5.41) is 9.06. The number of ether oxygens (including phenoxy) is 1. The van der Waals surface area contributed by atoms with Gasteiger partial charge in [-0.05, 0) is 19.8 Å². The SMILES string of the molecule is C[C@@]12COC(=O)[C@@]1(C)CC[C@H]2C(=O)O. The normalized spacial score (nSPS) is 46.1. The number of hydrogen-bond donors (Lipinski definition) is 1. The summed E-state index contributed by atoms with van der Waals surface area (Å²) >= 11 is 0. The van der Waals surface area contributed by atoms with Gasteiger partial charge in [0.25, 0.3) is 0 Å². The highest BCUT2D eigenvalue weighted by molar-refractivity contribution is 5.83.